The molecule has 0 saturated carbocycles. The first kappa shape index (κ1) is 15.3. The van der Waals surface area contributed by atoms with Gasteiger partial charge in [0.25, 0.3) is 0 Å². The number of aliphatic hydroxyl groups excluding tert-OH is 1. The van der Waals surface area contributed by atoms with E-state index in [1.807, 2.05) is 31.2 Å². The third-order valence-corrected chi connectivity index (χ3v) is 3.07. The summed E-state index contributed by atoms with van der Waals surface area (Å²) in [6.45, 7) is 2.28. The lowest BCUT2D eigenvalue weighted by Crippen LogP contribution is -2.37. The van der Waals surface area contributed by atoms with Crippen LogP contribution in [0.3, 0.4) is 0 Å². The lowest BCUT2D eigenvalue weighted by Gasteiger charge is -2.26. The summed E-state index contributed by atoms with van der Waals surface area (Å²) in [5.74, 6) is 0.749. The SMILES string of the molecule is COc1ccc(CN(C(=O)O)C(C)CCCO)cc1. The maximum Gasteiger partial charge on any atom is 0.407 e. The van der Waals surface area contributed by atoms with Gasteiger partial charge in [-0.2, -0.15) is 0 Å². The summed E-state index contributed by atoms with van der Waals surface area (Å²) in [4.78, 5) is 12.7. The van der Waals surface area contributed by atoms with Crippen molar-refractivity contribution in [3.05, 3.63) is 29.8 Å². The molecule has 1 unspecified atom stereocenters. The number of carbonyl (C=O) groups is 1. The van der Waals surface area contributed by atoms with Crippen molar-refractivity contribution in [2.75, 3.05) is 13.7 Å². The van der Waals surface area contributed by atoms with Crippen LogP contribution < -0.4 is 4.74 Å². The molecule has 1 rings (SSSR count). The van der Waals surface area contributed by atoms with Crippen molar-refractivity contribution < 1.29 is 19.7 Å². The number of ether oxygens (including phenoxy) is 1. The van der Waals surface area contributed by atoms with Gasteiger partial charge >= 0.3 is 6.09 Å². The van der Waals surface area contributed by atoms with Crippen LogP contribution in [0.15, 0.2) is 24.3 Å². The van der Waals surface area contributed by atoms with Crippen LogP contribution >= 0.6 is 0 Å². The Kier molecular flexibility index (Phi) is 6.15. The van der Waals surface area contributed by atoms with Crippen molar-refractivity contribution in [3.63, 3.8) is 0 Å². The van der Waals surface area contributed by atoms with Crippen LogP contribution in [0.4, 0.5) is 4.79 Å². The molecule has 1 amide bonds. The Morgan fingerprint density at radius 3 is 2.47 bits per heavy atom. The standard InChI is InChI=1S/C14H21NO4/c1-11(4-3-9-16)15(14(17)18)10-12-5-7-13(19-2)8-6-12/h5-8,11,16H,3-4,9-10H2,1-2H3,(H,17,18). The highest BCUT2D eigenvalue weighted by molar-refractivity contribution is 5.65. The second kappa shape index (κ2) is 7.63. The number of hydrogen-bond donors (Lipinski definition) is 2. The van der Waals surface area contributed by atoms with Crippen LogP contribution in [0.1, 0.15) is 25.3 Å². The summed E-state index contributed by atoms with van der Waals surface area (Å²) in [5.41, 5.74) is 0.916. The van der Waals surface area contributed by atoms with Crippen molar-refractivity contribution in [1.29, 1.82) is 0 Å². The number of methoxy groups -OCH3 is 1. The molecule has 1 aromatic rings. The number of hydrogen-bond acceptors (Lipinski definition) is 3. The Morgan fingerprint density at radius 2 is 2.00 bits per heavy atom. The quantitative estimate of drug-likeness (QED) is 0.795. The molecule has 0 radical (unpaired) electrons. The van der Waals surface area contributed by atoms with Gasteiger partial charge in [-0.1, -0.05) is 12.1 Å². The van der Waals surface area contributed by atoms with Crippen LogP contribution in [0.5, 0.6) is 5.75 Å². The molecule has 0 aliphatic rings. The number of rotatable bonds is 7. The minimum absolute atomic E-state index is 0.0837. The summed E-state index contributed by atoms with van der Waals surface area (Å²) in [6, 6.07) is 7.22. The Hall–Kier alpha value is -1.75. The zero-order valence-corrected chi connectivity index (χ0v) is 11.4. The van der Waals surface area contributed by atoms with E-state index in [0.29, 0.717) is 19.4 Å². The Labute approximate surface area is 113 Å². The Morgan fingerprint density at radius 1 is 1.37 bits per heavy atom. The minimum atomic E-state index is -0.943. The summed E-state index contributed by atoms with van der Waals surface area (Å²) in [7, 11) is 1.59. The third-order valence-electron chi connectivity index (χ3n) is 3.07. The number of carboxylic acid groups (broad SMARTS) is 1. The lowest BCUT2D eigenvalue weighted by atomic mass is 10.1. The van der Waals surface area contributed by atoms with E-state index in [2.05, 4.69) is 0 Å². The molecule has 1 atom stereocenters. The first-order valence-electron chi connectivity index (χ1n) is 6.31. The van der Waals surface area contributed by atoms with Gasteiger partial charge in [-0.15, -0.1) is 0 Å². The molecule has 1 aromatic carbocycles. The van der Waals surface area contributed by atoms with E-state index in [9.17, 15) is 9.90 Å². The van der Waals surface area contributed by atoms with Crippen LogP contribution in [0, 0.1) is 0 Å². The monoisotopic (exact) mass is 267 g/mol. The van der Waals surface area contributed by atoms with Gasteiger partial charge in [-0.3, -0.25) is 0 Å². The molecule has 19 heavy (non-hydrogen) atoms. The van der Waals surface area contributed by atoms with Gasteiger partial charge in [-0.05, 0) is 37.5 Å². The summed E-state index contributed by atoms with van der Waals surface area (Å²) in [5, 5.41) is 18.0. The van der Waals surface area contributed by atoms with Crippen molar-refractivity contribution >= 4 is 6.09 Å². The topological polar surface area (TPSA) is 70.0 Å². The average molecular weight is 267 g/mol. The molecular formula is C14H21NO4. The second-order valence-electron chi connectivity index (χ2n) is 4.47. The van der Waals surface area contributed by atoms with Gasteiger partial charge < -0.3 is 19.8 Å². The van der Waals surface area contributed by atoms with E-state index in [1.54, 1.807) is 7.11 Å². The van der Waals surface area contributed by atoms with Crippen LogP contribution in [0.25, 0.3) is 0 Å². The van der Waals surface area contributed by atoms with Crippen molar-refractivity contribution in [2.24, 2.45) is 0 Å². The molecule has 2 N–H and O–H groups in total. The van der Waals surface area contributed by atoms with Crippen molar-refractivity contribution in [1.82, 2.24) is 4.90 Å². The molecule has 0 fully saturated rings. The normalized spacial score (nSPS) is 11.9. The maximum atomic E-state index is 11.3. The van der Waals surface area contributed by atoms with E-state index in [-0.39, 0.29) is 12.6 Å². The van der Waals surface area contributed by atoms with Gasteiger partial charge in [0.05, 0.1) is 7.11 Å². The smallest absolute Gasteiger partial charge is 0.407 e. The molecule has 0 aromatic heterocycles. The molecule has 0 saturated heterocycles. The summed E-state index contributed by atoms with van der Waals surface area (Å²) >= 11 is 0. The lowest BCUT2D eigenvalue weighted by molar-refractivity contribution is 0.119. The number of aliphatic hydroxyl groups is 1. The molecule has 0 heterocycles. The van der Waals surface area contributed by atoms with Gasteiger partial charge in [0.15, 0.2) is 0 Å². The predicted molar refractivity (Wildman–Crippen MR) is 72.3 cm³/mol. The molecule has 0 spiro atoms. The predicted octanol–water partition coefficient (Wildman–Crippen LogP) is 2.34. The number of benzene rings is 1. The van der Waals surface area contributed by atoms with E-state index in [1.165, 1.54) is 4.90 Å². The third kappa shape index (κ3) is 4.79. The zero-order chi connectivity index (χ0) is 14.3. The number of amides is 1. The highest BCUT2D eigenvalue weighted by atomic mass is 16.5. The van der Waals surface area contributed by atoms with Gasteiger partial charge in [0, 0.05) is 19.2 Å². The average Bonchev–Trinajstić information content (AvgIpc) is 2.42. The van der Waals surface area contributed by atoms with E-state index in [0.717, 1.165) is 11.3 Å². The molecule has 5 nitrogen and oxygen atoms in total. The van der Waals surface area contributed by atoms with Crippen LogP contribution in [-0.4, -0.2) is 41.0 Å². The minimum Gasteiger partial charge on any atom is -0.497 e. The highest BCUT2D eigenvalue weighted by Crippen LogP contribution is 2.16. The molecule has 106 valence electrons. The van der Waals surface area contributed by atoms with Gasteiger partial charge in [0.2, 0.25) is 0 Å². The Bertz CT molecular complexity index is 391. The van der Waals surface area contributed by atoms with E-state index in [4.69, 9.17) is 9.84 Å². The molecule has 5 heteroatoms. The largest absolute Gasteiger partial charge is 0.497 e. The van der Waals surface area contributed by atoms with Gasteiger partial charge in [-0.25, -0.2) is 4.79 Å². The first-order valence-corrected chi connectivity index (χ1v) is 6.31. The fraction of sp³-hybridized carbons (Fsp3) is 0.500. The van der Waals surface area contributed by atoms with E-state index < -0.39 is 6.09 Å². The first-order chi connectivity index (χ1) is 9.08. The van der Waals surface area contributed by atoms with Crippen molar-refractivity contribution in [2.45, 2.75) is 32.4 Å². The van der Waals surface area contributed by atoms with Gasteiger partial charge in [0.1, 0.15) is 5.75 Å². The Balaban J connectivity index is 2.69. The molecule has 0 aliphatic heterocycles. The molecule has 0 bridgehead atoms. The highest BCUT2D eigenvalue weighted by Gasteiger charge is 2.19. The molecular weight excluding hydrogens is 246 g/mol. The van der Waals surface area contributed by atoms with Crippen LogP contribution in [0.2, 0.25) is 0 Å². The fourth-order valence-corrected chi connectivity index (χ4v) is 1.88. The summed E-state index contributed by atoms with van der Waals surface area (Å²) < 4.78 is 5.06. The maximum absolute atomic E-state index is 11.3. The fourth-order valence-electron chi connectivity index (χ4n) is 1.88. The molecule has 0 aliphatic carbocycles. The van der Waals surface area contributed by atoms with Crippen LogP contribution in [-0.2, 0) is 6.54 Å². The van der Waals surface area contributed by atoms with Crippen molar-refractivity contribution in [3.8, 4) is 5.75 Å². The second-order valence-corrected chi connectivity index (χ2v) is 4.47. The number of nitrogens with zero attached hydrogens (tertiary/aromatic N) is 1. The summed E-state index contributed by atoms with van der Waals surface area (Å²) in [6.07, 6.45) is 0.313. The zero-order valence-electron chi connectivity index (χ0n) is 11.4. The van der Waals surface area contributed by atoms with E-state index >= 15 is 0 Å².